The minimum absolute atomic E-state index is 0.0544. The van der Waals surface area contributed by atoms with Gasteiger partial charge in [-0.25, -0.2) is 4.79 Å². The van der Waals surface area contributed by atoms with Gasteiger partial charge < -0.3 is 14.7 Å². The molecule has 0 bridgehead atoms. The topological polar surface area (TPSA) is 66.8 Å². The minimum Gasteiger partial charge on any atom is -0.481 e. The summed E-state index contributed by atoms with van der Waals surface area (Å²) in [7, 11) is 0. The smallest absolute Gasteiger partial charge is 0.416 e. The van der Waals surface area contributed by atoms with E-state index in [1.807, 2.05) is 6.07 Å². The second kappa shape index (κ2) is 7.92. The Labute approximate surface area is 159 Å². The van der Waals surface area contributed by atoms with Crippen LogP contribution in [0.4, 0.5) is 18.0 Å². The number of alkyl halides is 3. The second-order valence-electron chi connectivity index (χ2n) is 6.62. The number of halogens is 3. The molecule has 2 aromatic carbocycles. The molecule has 1 aliphatic heterocycles. The van der Waals surface area contributed by atoms with Crippen LogP contribution in [0.5, 0.6) is 0 Å². The summed E-state index contributed by atoms with van der Waals surface area (Å²) in [5.74, 6) is -2.63. The number of rotatable bonds is 4. The summed E-state index contributed by atoms with van der Waals surface area (Å²) in [6.07, 6.45) is -5.11. The van der Waals surface area contributed by atoms with E-state index < -0.39 is 35.6 Å². The Morgan fingerprint density at radius 1 is 1.04 bits per heavy atom. The van der Waals surface area contributed by atoms with Crippen LogP contribution in [0.1, 0.15) is 22.6 Å². The molecule has 0 aliphatic carbocycles. The lowest BCUT2D eigenvalue weighted by molar-refractivity contribution is -0.141. The van der Waals surface area contributed by atoms with E-state index in [0.29, 0.717) is 5.56 Å². The number of nitrogens with zero attached hydrogens (tertiary/aromatic N) is 1. The number of hydrogen-bond donors (Lipinski definition) is 1. The van der Waals surface area contributed by atoms with Crippen LogP contribution < -0.4 is 0 Å². The summed E-state index contributed by atoms with van der Waals surface area (Å²) >= 11 is 0. The van der Waals surface area contributed by atoms with Gasteiger partial charge in [-0.3, -0.25) is 4.79 Å². The Morgan fingerprint density at radius 2 is 1.68 bits per heavy atom. The van der Waals surface area contributed by atoms with Gasteiger partial charge in [-0.1, -0.05) is 42.5 Å². The maximum Gasteiger partial charge on any atom is 0.416 e. The molecule has 1 heterocycles. The molecule has 1 N–H and O–H groups in total. The van der Waals surface area contributed by atoms with Gasteiger partial charge in [0.15, 0.2) is 0 Å². The van der Waals surface area contributed by atoms with Crippen LogP contribution in [-0.2, 0) is 22.3 Å². The van der Waals surface area contributed by atoms with E-state index in [9.17, 15) is 27.9 Å². The van der Waals surface area contributed by atoms with Crippen LogP contribution in [0.15, 0.2) is 54.6 Å². The van der Waals surface area contributed by atoms with E-state index in [1.54, 1.807) is 24.3 Å². The highest BCUT2D eigenvalue weighted by molar-refractivity contribution is 5.75. The van der Waals surface area contributed by atoms with Crippen molar-refractivity contribution < 1.29 is 32.6 Å². The van der Waals surface area contributed by atoms with Crippen molar-refractivity contribution in [2.24, 2.45) is 5.92 Å². The number of benzene rings is 2. The van der Waals surface area contributed by atoms with Crippen molar-refractivity contribution >= 4 is 12.1 Å². The zero-order valence-electron chi connectivity index (χ0n) is 14.7. The number of ether oxygens (including phenoxy) is 1. The van der Waals surface area contributed by atoms with Crippen molar-refractivity contribution in [2.75, 3.05) is 13.1 Å². The largest absolute Gasteiger partial charge is 0.481 e. The van der Waals surface area contributed by atoms with Crippen molar-refractivity contribution in [1.29, 1.82) is 0 Å². The monoisotopic (exact) mass is 393 g/mol. The van der Waals surface area contributed by atoms with Crippen LogP contribution in [-0.4, -0.2) is 35.2 Å². The molecular weight excluding hydrogens is 375 g/mol. The van der Waals surface area contributed by atoms with E-state index in [-0.39, 0.29) is 19.7 Å². The normalized spacial score (nSPS) is 19.5. The number of carboxylic acids is 1. The van der Waals surface area contributed by atoms with Crippen molar-refractivity contribution in [3.05, 3.63) is 71.3 Å². The van der Waals surface area contributed by atoms with Gasteiger partial charge in [-0.2, -0.15) is 13.2 Å². The Balaban J connectivity index is 1.70. The van der Waals surface area contributed by atoms with Crippen LogP contribution in [0, 0.1) is 5.92 Å². The van der Waals surface area contributed by atoms with Crippen molar-refractivity contribution in [1.82, 2.24) is 4.90 Å². The fourth-order valence-electron chi connectivity index (χ4n) is 3.27. The number of carbonyl (C=O) groups excluding carboxylic acids is 1. The number of carbonyl (C=O) groups is 2. The molecule has 2 atom stereocenters. The third-order valence-electron chi connectivity index (χ3n) is 4.77. The average Bonchev–Trinajstić information content (AvgIpc) is 3.12. The molecule has 1 aliphatic rings. The molecule has 0 unspecified atom stereocenters. The quantitative estimate of drug-likeness (QED) is 0.848. The lowest BCUT2D eigenvalue weighted by Crippen LogP contribution is -2.30. The number of likely N-dealkylation sites (tertiary alicyclic amines) is 1. The summed E-state index contributed by atoms with van der Waals surface area (Å²) in [6.45, 7) is 0.0590. The highest BCUT2D eigenvalue weighted by Crippen LogP contribution is 2.35. The van der Waals surface area contributed by atoms with Crippen molar-refractivity contribution in [3.63, 3.8) is 0 Å². The predicted octanol–water partition coefficient (Wildman–Crippen LogP) is 4.14. The number of aliphatic carboxylic acids is 1. The zero-order valence-corrected chi connectivity index (χ0v) is 14.7. The SMILES string of the molecule is O=C(O)[C@H]1CN(C(=O)OCc2ccccc2)C[C@@H]1c1ccc(C(F)(F)F)cc1. The van der Waals surface area contributed by atoms with E-state index in [1.165, 1.54) is 17.0 Å². The molecule has 0 aromatic heterocycles. The molecule has 148 valence electrons. The summed E-state index contributed by atoms with van der Waals surface area (Å²) in [5.41, 5.74) is 0.433. The molecular formula is C20H18F3NO4. The van der Waals surface area contributed by atoms with E-state index in [0.717, 1.165) is 17.7 Å². The summed E-state index contributed by atoms with van der Waals surface area (Å²) in [4.78, 5) is 25.2. The van der Waals surface area contributed by atoms with Gasteiger partial charge in [-0.15, -0.1) is 0 Å². The van der Waals surface area contributed by atoms with Gasteiger partial charge in [0, 0.05) is 19.0 Å². The lowest BCUT2D eigenvalue weighted by atomic mass is 9.88. The summed E-state index contributed by atoms with van der Waals surface area (Å²) < 4.78 is 43.4. The standard InChI is InChI=1S/C20H18F3NO4/c21-20(22,23)15-8-6-14(7-9-15)16-10-24(11-17(16)18(25)26)19(27)28-12-13-4-2-1-3-5-13/h1-9,16-17H,10-12H2,(H,25,26)/t16-,17+/m1/s1. The van der Waals surface area contributed by atoms with Gasteiger partial charge in [0.05, 0.1) is 11.5 Å². The van der Waals surface area contributed by atoms with Crippen LogP contribution >= 0.6 is 0 Å². The summed E-state index contributed by atoms with van der Waals surface area (Å²) in [5, 5.41) is 9.48. The molecule has 1 amide bonds. The fourth-order valence-corrected chi connectivity index (χ4v) is 3.27. The van der Waals surface area contributed by atoms with Crippen LogP contribution in [0.3, 0.4) is 0 Å². The Morgan fingerprint density at radius 3 is 2.25 bits per heavy atom. The maximum absolute atomic E-state index is 12.7. The molecule has 2 aromatic rings. The van der Waals surface area contributed by atoms with Gasteiger partial charge in [0.1, 0.15) is 6.61 Å². The molecule has 0 radical (unpaired) electrons. The van der Waals surface area contributed by atoms with Gasteiger partial charge >= 0.3 is 18.2 Å². The molecule has 1 saturated heterocycles. The molecule has 28 heavy (non-hydrogen) atoms. The minimum atomic E-state index is -4.46. The maximum atomic E-state index is 12.7. The van der Waals surface area contributed by atoms with Crippen molar-refractivity contribution in [2.45, 2.75) is 18.7 Å². The van der Waals surface area contributed by atoms with E-state index in [2.05, 4.69) is 0 Å². The Hall–Kier alpha value is -3.03. The third kappa shape index (κ3) is 4.44. The number of hydrogen-bond acceptors (Lipinski definition) is 3. The van der Waals surface area contributed by atoms with E-state index >= 15 is 0 Å². The fraction of sp³-hybridized carbons (Fsp3) is 0.300. The highest BCUT2D eigenvalue weighted by Gasteiger charge is 2.41. The lowest BCUT2D eigenvalue weighted by Gasteiger charge is -2.17. The highest BCUT2D eigenvalue weighted by atomic mass is 19.4. The van der Waals surface area contributed by atoms with Gasteiger partial charge in [0.25, 0.3) is 0 Å². The Bertz CT molecular complexity index is 837. The second-order valence-corrected chi connectivity index (χ2v) is 6.62. The zero-order chi connectivity index (χ0) is 20.3. The first-order valence-electron chi connectivity index (χ1n) is 8.61. The molecule has 0 spiro atoms. The number of amides is 1. The Kier molecular flexibility index (Phi) is 5.58. The van der Waals surface area contributed by atoms with Crippen molar-refractivity contribution in [3.8, 4) is 0 Å². The predicted molar refractivity (Wildman–Crippen MR) is 93.5 cm³/mol. The van der Waals surface area contributed by atoms with Crippen LogP contribution in [0.2, 0.25) is 0 Å². The van der Waals surface area contributed by atoms with E-state index in [4.69, 9.17) is 4.74 Å². The number of carboxylic acid groups (broad SMARTS) is 1. The van der Waals surface area contributed by atoms with Gasteiger partial charge in [0.2, 0.25) is 0 Å². The first-order chi connectivity index (χ1) is 13.3. The molecule has 0 saturated carbocycles. The first kappa shape index (κ1) is 19.7. The molecule has 5 nitrogen and oxygen atoms in total. The molecule has 8 heteroatoms. The molecule has 1 fully saturated rings. The third-order valence-corrected chi connectivity index (χ3v) is 4.77. The average molecular weight is 393 g/mol. The van der Waals surface area contributed by atoms with Gasteiger partial charge in [-0.05, 0) is 23.3 Å². The summed E-state index contributed by atoms with van der Waals surface area (Å²) in [6, 6.07) is 13.4. The first-order valence-corrected chi connectivity index (χ1v) is 8.61. The van der Waals surface area contributed by atoms with Crippen LogP contribution in [0.25, 0.3) is 0 Å². The molecule has 3 rings (SSSR count).